The second kappa shape index (κ2) is 9.96. The van der Waals surface area contributed by atoms with Crippen molar-refractivity contribution < 1.29 is 14.3 Å². The molecule has 3 heterocycles. The summed E-state index contributed by atoms with van der Waals surface area (Å²) in [5.74, 6) is 0.257. The third-order valence-electron chi connectivity index (χ3n) is 5.48. The van der Waals surface area contributed by atoms with Crippen molar-refractivity contribution in [1.82, 2.24) is 14.7 Å². The molecule has 0 saturated carbocycles. The largest absolute Gasteiger partial charge is 0.452 e. The molecule has 0 spiro atoms. The van der Waals surface area contributed by atoms with E-state index in [0.29, 0.717) is 11.8 Å². The van der Waals surface area contributed by atoms with E-state index >= 15 is 0 Å². The number of esters is 1. The SMILES string of the molecule is CC1CC(C)CN(C(=O)COC(=O)C=Cc2cn(-c3ccccc3)nc2-c2cccs2)C1. The maximum Gasteiger partial charge on any atom is 0.331 e. The smallest absolute Gasteiger partial charge is 0.331 e. The number of carbonyl (C=O) groups is 2. The number of aromatic nitrogens is 2. The Morgan fingerprint density at radius 1 is 1.12 bits per heavy atom. The van der Waals surface area contributed by atoms with Crippen molar-refractivity contribution >= 4 is 29.3 Å². The molecule has 32 heavy (non-hydrogen) atoms. The molecule has 1 amide bonds. The van der Waals surface area contributed by atoms with Gasteiger partial charge in [-0.2, -0.15) is 5.10 Å². The Labute approximate surface area is 192 Å². The van der Waals surface area contributed by atoms with Crippen molar-refractivity contribution in [2.24, 2.45) is 11.8 Å². The number of ether oxygens (including phenoxy) is 1. The Bertz CT molecular complexity index is 1080. The second-order valence-electron chi connectivity index (χ2n) is 8.38. The number of piperidine rings is 1. The van der Waals surface area contributed by atoms with E-state index in [1.54, 1.807) is 27.0 Å². The first kappa shape index (κ1) is 22.0. The van der Waals surface area contributed by atoms with Crippen molar-refractivity contribution in [3.05, 3.63) is 65.7 Å². The number of rotatable bonds is 6. The Hall–Kier alpha value is -3.19. The van der Waals surface area contributed by atoms with Gasteiger partial charge in [-0.3, -0.25) is 4.79 Å². The molecule has 2 atom stereocenters. The Balaban J connectivity index is 1.43. The maximum absolute atomic E-state index is 12.5. The molecular formula is C25H27N3O3S. The lowest BCUT2D eigenvalue weighted by Crippen LogP contribution is -2.44. The van der Waals surface area contributed by atoms with Gasteiger partial charge in [0, 0.05) is 30.9 Å². The highest BCUT2D eigenvalue weighted by atomic mass is 32.1. The molecule has 6 nitrogen and oxygen atoms in total. The Morgan fingerprint density at radius 3 is 2.56 bits per heavy atom. The fourth-order valence-corrected chi connectivity index (χ4v) is 4.85. The maximum atomic E-state index is 12.5. The minimum atomic E-state index is -0.541. The lowest BCUT2D eigenvalue weighted by molar-refractivity contribution is -0.149. The van der Waals surface area contributed by atoms with Crippen LogP contribution in [0.15, 0.2) is 60.1 Å². The fraction of sp³-hybridized carbons (Fsp3) is 0.320. The molecule has 3 aromatic rings. The van der Waals surface area contributed by atoms with Crippen LogP contribution < -0.4 is 0 Å². The van der Waals surface area contributed by atoms with Gasteiger partial charge in [0.05, 0.1) is 10.6 Å². The standard InChI is InChI=1S/C25H27N3O3S/c1-18-13-19(2)15-27(14-18)23(29)17-31-24(30)11-10-20-16-28(21-7-4-3-5-8-21)26-25(20)22-9-6-12-32-22/h3-12,16,18-19H,13-15,17H2,1-2H3. The van der Waals surface area contributed by atoms with Crippen LogP contribution in [0.25, 0.3) is 22.3 Å². The van der Waals surface area contributed by atoms with Crippen LogP contribution in [-0.4, -0.2) is 46.3 Å². The van der Waals surface area contributed by atoms with Crippen LogP contribution >= 0.6 is 11.3 Å². The van der Waals surface area contributed by atoms with Crippen LogP contribution in [0.3, 0.4) is 0 Å². The first-order valence-electron chi connectivity index (χ1n) is 10.8. The average molecular weight is 450 g/mol. The summed E-state index contributed by atoms with van der Waals surface area (Å²) in [4.78, 5) is 27.6. The third-order valence-corrected chi connectivity index (χ3v) is 6.35. The predicted octanol–water partition coefficient (Wildman–Crippen LogP) is 4.66. The van der Waals surface area contributed by atoms with E-state index < -0.39 is 5.97 Å². The molecule has 1 aliphatic rings. The van der Waals surface area contributed by atoms with Gasteiger partial charge in [0.15, 0.2) is 6.61 Å². The minimum Gasteiger partial charge on any atom is -0.452 e. The number of nitrogens with zero attached hydrogens (tertiary/aromatic N) is 3. The zero-order chi connectivity index (χ0) is 22.5. The van der Waals surface area contributed by atoms with Crippen molar-refractivity contribution in [1.29, 1.82) is 0 Å². The number of carbonyl (C=O) groups excluding carboxylic acids is 2. The number of hydrogen-bond acceptors (Lipinski definition) is 5. The van der Waals surface area contributed by atoms with E-state index in [0.717, 1.165) is 41.3 Å². The predicted molar refractivity (Wildman–Crippen MR) is 126 cm³/mol. The zero-order valence-electron chi connectivity index (χ0n) is 18.3. The third kappa shape index (κ3) is 5.34. The number of para-hydroxylation sites is 1. The fourth-order valence-electron chi connectivity index (χ4n) is 4.12. The summed E-state index contributed by atoms with van der Waals surface area (Å²) >= 11 is 1.59. The second-order valence-corrected chi connectivity index (χ2v) is 9.32. The molecular weight excluding hydrogens is 422 g/mol. The molecule has 0 radical (unpaired) electrons. The highest BCUT2D eigenvalue weighted by molar-refractivity contribution is 7.13. The van der Waals surface area contributed by atoms with Crippen molar-refractivity contribution in [2.75, 3.05) is 19.7 Å². The van der Waals surface area contributed by atoms with Crippen LogP contribution in [0, 0.1) is 11.8 Å². The van der Waals surface area contributed by atoms with Gasteiger partial charge in [-0.25, -0.2) is 9.48 Å². The molecule has 7 heteroatoms. The van der Waals surface area contributed by atoms with Crippen LogP contribution in [0.2, 0.25) is 0 Å². The zero-order valence-corrected chi connectivity index (χ0v) is 19.1. The van der Waals surface area contributed by atoms with E-state index in [9.17, 15) is 9.59 Å². The summed E-state index contributed by atoms with van der Waals surface area (Å²) in [7, 11) is 0. The monoisotopic (exact) mass is 449 g/mol. The number of hydrogen-bond donors (Lipinski definition) is 0. The lowest BCUT2D eigenvalue weighted by Gasteiger charge is -2.34. The van der Waals surface area contributed by atoms with Crippen molar-refractivity contribution in [3.63, 3.8) is 0 Å². The van der Waals surface area contributed by atoms with Crippen LogP contribution in [0.5, 0.6) is 0 Å². The van der Waals surface area contributed by atoms with Gasteiger partial charge < -0.3 is 9.64 Å². The first-order chi connectivity index (χ1) is 15.5. The van der Waals surface area contributed by atoms with Gasteiger partial charge in [-0.15, -0.1) is 11.3 Å². The number of likely N-dealkylation sites (tertiary alicyclic amines) is 1. The molecule has 2 unspecified atom stereocenters. The van der Waals surface area contributed by atoms with Gasteiger partial charge in [-0.05, 0) is 47.9 Å². The average Bonchev–Trinajstić information content (AvgIpc) is 3.46. The van der Waals surface area contributed by atoms with Gasteiger partial charge >= 0.3 is 5.97 Å². The summed E-state index contributed by atoms with van der Waals surface area (Å²) in [6.45, 7) is 5.50. The van der Waals surface area contributed by atoms with Gasteiger partial charge in [0.1, 0.15) is 5.69 Å². The summed E-state index contributed by atoms with van der Waals surface area (Å²) in [6.07, 6.45) is 6.06. The summed E-state index contributed by atoms with van der Waals surface area (Å²) < 4.78 is 7.02. The van der Waals surface area contributed by atoms with Crippen LogP contribution in [-0.2, 0) is 14.3 Å². The Kier molecular flexibility index (Phi) is 6.85. The van der Waals surface area contributed by atoms with E-state index in [1.165, 1.54) is 6.08 Å². The highest BCUT2D eigenvalue weighted by Gasteiger charge is 2.25. The molecule has 1 aliphatic heterocycles. The molecule has 0 N–H and O–H groups in total. The van der Waals surface area contributed by atoms with E-state index in [2.05, 4.69) is 13.8 Å². The number of amides is 1. The summed E-state index contributed by atoms with van der Waals surface area (Å²) in [5, 5.41) is 6.71. The molecule has 166 valence electrons. The van der Waals surface area contributed by atoms with Gasteiger partial charge in [-0.1, -0.05) is 38.1 Å². The summed E-state index contributed by atoms with van der Waals surface area (Å²) in [6, 6.07) is 13.8. The van der Waals surface area contributed by atoms with E-state index in [1.807, 2.05) is 54.0 Å². The topological polar surface area (TPSA) is 64.4 Å². The van der Waals surface area contributed by atoms with E-state index in [-0.39, 0.29) is 12.5 Å². The Morgan fingerprint density at radius 2 is 1.88 bits per heavy atom. The lowest BCUT2D eigenvalue weighted by atomic mass is 9.92. The van der Waals surface area contributed by atoms with Gasteiger partial charge in [0.25, 0.3) is 5.91 Å². The van der Waals surface area contributed by atoms with Crippen LogP contribution in [0.1, 0.15) is 25.8 Å². The van der Waals surface area contributed by atoms with E-state index in [4.69, 9.17) is 9.84 Å². The highest BCUT2D eigenvalue weighted by Crippen LogP contribution is 2.28. The minimum absolute atomic E-state index is 0.138. The van der Waals surface area contributed by atoms with Gasteiger partial charge in [0.2, 0.25) is 0 Å². The molecule has 0 bridgehead atoms. The normalized spacial score (nSPS) is 18.8. The summed E-state index contributed by atoms with van der Waals surface area (Å²) in [5.41, 5.74) is 2.53. The van der Waals surface area contributed by atoms with Crippen LogP contribution in [0.4, 0.5) is 0 Å². The van der Waals surface area contributed by atoms with Crippen molar-refractivity contribution in [2.45, 2.75) is 20.3 Å². The molecule has 0 aliphatic carbocycles. The number of thiophene rings is 1. The molecule has 4 rings (SSSR count). The molecule has 1 aromatic carbocycles. The molecule has 1 fully saturated rings. The molecule has 2 aromatic heterocycles. The molecule has 1 saturated heterocycles. The number of benzene rings is 1. The first-order valence-corrected chi connectivity index (χ1v) is 11.7. The quantitative estimate of drug-likeness (QED) is 0.406. The van der Waals surface area contributed by atoms with Crippen molar-refractivity contribution in [3.8, 4) is 16.3 Å².